The first-order valence-electron chi connectivity index (χ1n) is 6.15. The fourth-order valence-electron chi connectivity index (χ4n) is 1.42. The molecule has 1 aromatic carbocycles. The molecule has 2 aromatic rings. The Labute approximate surface area is 133 Å². The average molecular weight is 342 g/mol. The fourth-order valence-corrected chi connectivity index (χ4v) is 2.98. The van der Waals surface area contributed by atoms with Crippen LogP contribution in [0.3, 0.4) is 0 Å². The van der Waals surface area contributed by atoms with Crippen LogP contribution in [0.5, 0.6) is 0 Å². The molecule has 2 N–H and O–H groups in total. The van der Waals surface area contributed by atoms with Crippen LogP contribution in [0.2, 0.25) is 0 Å². The Kier molecular flexibility index (Phi) is 5.84. The van der Waals surface area contributed by atoms with E-state index in [-0.39, 0.29) is 5.75 Å². The molecule has 9 heteroatoms. The number of thioether (sulfide) groups is 1. The van der Waals surface area contributed by atoms with Crippen molar-refractivity contribution in [2.24, 2.45) is 0 Å². The van der Waals surface area contributed by atoms with E-state index in [9.17, 15) is 13.6 Å². The van der Waals surface area contributed by atoms with E-state index in [0.29, 0.717) is 16.0 Å². The molecule has 116 valence electrons. The van der Waals surface area contributed by atoms with Gasteiger partial charge in [-0.3, -0.25) is 4.79 Å². The third kappa shape index (κ3) is 4.50. The van der Waals surface area contributed by atoms with E-state index >= 15 is 0 Å². The van der Waals surface area contributed by atoms with Crippen LogP contribution in [0.1, 0.15) is 0 Å². The standard InChI is InChI=1S/C13H12F2N4OS2/c1-2-6-16-12-18-19-13(22-12)21-7-10(20)17-11-8(14)4-3-5-9(11)15/h2-5H,1,6-7H2,(H,16,18)(H,17,20). The third-order valence-electron chi connectivity index (χ3n) is 2.36. The maximum atomic E-state index is 13.4. The number of carbonyl (C=O) groups is 1. The molecule has 0 aliphatic rings. The number of nitrogens with one attached hydrogen (secondary N) is 2. The first kappa shape index (κ1) is 16.4. The van der Waals surface area contributed by atoms with Gasteiger partial charge in [0.1, 0.15) is 17.3 Å². The van der Waals surface area contributed by atoms with Crippen LogP contribution in [0.4, 0.5) is 19.6 Å². The highest BCUT2D eigenvalue weighted by molar-refractivity contribution is 8.01. The van der Waals surface area contributed by atoms with Crippen LogP contribution in [0, 0.1) is 11.6 Å². The molecule has 1 heterocycles. The van der Waals surface area contributed by atoms with Crippen molar-refractivity contribution >= 4 is 39.8 Å². The van der Waals surface area contributed by atoms with Crippen LogP contribution in [0.15, 0.2) is 35.2 Å². The van der Waals surface area contributed by atoms with Gasteiger partial charge in [0.25, 0.3) is 0 Å². The SMILES string of the molecule is C=CCNc1nnc(SCC(=O)Nc2c(F)cccc2F)s1. The molecule has 0 saturated heterocycles. The number of hydrogen-bond acceptors (Lipinski definition) is 6. The summed E-state index contributed by atoms with van der Waals surface area (Å²) < 4.78 is 27.4. The molecule has 0 fully saturated rings. The van der Waals surface area contributed by atoms with Crippen molar-refractivity contribution in [1.29, 1.82) is 0 Å². The minimum Gasteiger partial charge on any atom is -0.357 e. The van der Waals surface area contributed by atoms with Gasteiger partial charge in [0, 0.05) is 6.54 Å². The summed E-state index contributed by atoms with van der Waals surface area (Å²) in [6.07, 6.45) is 1.69. The minimum atomic E-state index is -0.815. The van der Waals surface area contributed by atoms with Gasteiger partial charge in [-0.05, 0) is 12.1 Å². The van der Waals surface area contributed by atoms with Crippen molar-refractivity contribution in [1.82, 2.24) is 10.2 Å². The maximum absolute atomic E-state index is 13.4. The normalized spacial score (nSPS) is 10.3. The van der Waals surface area contributed by atoms with E-state index in [1.54, 1.807) is 6.08 Å². The molecule has 2 rings (SSSR count). The minimum absolute atomic E-state index is 0.0239. The van der Waals surface area contributed by atoms with Crippen LogP contribution in [0.25, 0.3) is 0 Å². The zero-order valence-corrected chi connectivity index (χ0v) is 12.9. The molecule has 0 aliphatic heterocycles. The molecule has 0 spiro atoms. The Morgan fingerprint density at radius 1 is 1.36 bits per heavy atom. The first-order valence-corrected chi connectivity index (χ1v) is 7.95. The highest BCUT2D eigenvalue weighted by Gasteiger charge is 2.13. The van der Waals surface area contributed by atoms with Crippen molar-refractivity contribution in [3.8, 4) is 0 Å². The summed E-state index contributed by atoms with van der Waals surface area (Å²) in [6, 6.07) is 3.39. The molecule has 0 aliphatic carbocycles. The predicted molar refractivity (Wildman–Crippen MR) is 84.3 cm³/mol. The van der Waals surface area contributed by atoms with E-state index in [0.717, 1.165) is 23.9 Å². The second kappa shape index (κ2) is 7.85. The summed E-state index contributed by atoms with van der Waals surface area (Å²) in [5.74, 6) is -2.18. The Balaban J connectivity index is 1.87. The number of nitrogens with zero attached hydrogens (tertiary/aromatic N) is 2. The predicted octanol–water partition coefficient (Wildman–Crippen LogP) is 3.15. The summed E-state index contributed by atoms with van der Waals surface area (Å²) in [6.45, 7) is 4.13. The van der Waals surface area contributed by atoms with Gasteiger partial charge in [-0.1, -0.05) is 35.2 Å². The van der Waals surface area contributed by atoms with E-state index in [1.807, 2.05) is 0 Å². The van der Waals surface area contributed by atoms with Crippen molar-refractivity contribution in [2.75, 3.05) is 22.9 Å². The van der Waals surface area contributed by atoms with Gasteiger partial charge in [0.15, 0.2) is 4.34 Å². The summed E-state index contributed by atoms with van der Waals surface area (Å²) in [7, 11) is 0. The van der Waals surface area contributed by atoms with Gasteiger partial charge >= 0.3 is 0 Å². The monoisotopic (exact) mass is 342 g/mol. The van der Waals surface area contributed by atoms with Gasteiger partial charge < -0.3 is 10.6 Å². The lowest BCUT2D eigenvalue weighted by atomic mass is 10.3. The highest BCUT2D eigenvalue weighted by Crippen LogP contribution is 2.26. The van der Waals surface area contributed by atoms with Crippen LogP contribution >= 0.6 is 23.1 Å². The number of rotatable bonds is 7. The molecule has 1 aromatic heterocycles. The first-order chi connectivity index (χ1) is 10.6. The number of anilines is 2. The molecule has 0 unspecified atom stereocenters. The Hall–Kier alpha value is -2.00. The number of carbonyl (C=O) groups excluding carboxylic acids is 1. The lowest BCUT2D eigenvalue weighted by molar-refractivity contribution is -0.113. The summed E-state index contributed by atoms with van der Waals surface area (Å²) in [5, 5.41) is 13.6. The molecule has 1 amide bonds. The van der Waals surface area contributed by atoms with E-state index in [2.05, 4.69) is 27.4 Å². The number of benzene rings is 1. The zero-order valence-electron chi connectivity index (χ0n) is 11.3. The Bertz CT molecular complexity index is 658. The van der Waals surface area contributed by atoms with E-state index in [1.165, 1.54) is 17.4 Å². The third-order valence-corrected chi connectivity index (χ3v) is 4.37. The zero-order chi connectivity index (χ0) is 15.9. The highest BCUT2D eigenvalue weighted by atomic mass is 32.2. The van der Waals surface area contributed by atoms with Crippen LogP contribution in [-0.2, 0) is 4.79 Å². The second-order valence-corrected chi connectivity index (χ2v) is 6.18. The van der Waals surface area contributed by atoms with Gasteiger partial charge in [0.2, 0.25) is 11.0 Å². The molecule has 0 saturated carbocycles. The molecule has 5 nitrogen and oxygen atoms in total. The average Bonchev–Trinajstić information content (AvgIpc) is 2.95. The molecular weight excluding hydrogens is 330 g/mol. The summed E-state index contributed by atoms with van der Waals surface area (Å²) in [5.41, 5.74) is -0.446. The maximum Gasteiger partial charge on any atom is 0.234 e. The lowest BCUT2D eigenvalue weighted by Crippen LogP contribution is -2.16. The smallest absolute Gasteiger partial charge is 0.234 e. The van der Waals surface area contributed by atoms with Crippen molar-refractivity contribution in [3.05, 3.63) is 42.5 Å². The molecule has 0 atom stereocenters. The number of hydrogen-bond donors (Lipinski definition) is 2. The number of aromatic nitrogens is 2. The molecule has 22 heavy (non-hydrogen) atoms. The molecule has 0 radical (unpaired) electrons. The second-order valence-electron chi connectivity index (χ2n) is 3.98. The Morgan fingerprint density at radius 2 is 2.09 bits per heavy atom. The molecule has 0 bridgehead atoms. The van der Waals surface area contributed by atoms with E-state index < -0.39 is 23.2 Å². The van der Waals surface area contributed by atoms with Gasteiger partial charge in [-0.25, -0.2) is 8.78 Å². The summed E-state index contributed by atoms with van der Waals surface area (Å²) >= 11 is 2.42. The fraction of sp³-hybridized carbons (Fsp3) is 0.154. The van der Waals surface area contributed by atoms with Gasteiger partial charge in [0.05, 0.1) is 5.75 Å². The van der Waals surface area contributed by atoms with Gasteiger partial charge in [-0.2, -0.15) is 0 Å². The largest absolute Gasteiger partial charge is 0.357 e. The quantitative estimate of drug-likeness (QED) is 0.598. The van der Waals surface area contributed by atoms with Crippen molar-refractivity contribution in [3.63, 3.8) is 0 Å². The van der Waals surface area contributed by atoms with Crippen molar-refractivity contribution in [2.45, 2.75) is 4.34 Å². The topological polar surface area (TPSA) is 66.9 Å². The lowest BCUT2D eigenvalue weighted by Gasteiger charge is -2.06. The van der Waals surface area contributed by atoms with Crippen LogP contribution < -0.4 is 10.6 Å². The summed E-state index contributed by atoms with van der Waals surface area (Å²) in [4.78, 5) is 11.7. The number of amides is 1. The Morgan fingerprint density at radius 3 is 2.77 bits per heavy atom. The number of para-hydroxylation sites is 1. The van der Waals surface area contributed by atoms with Crippen LogP contribution in [-0.4, -0.2) is 28.4 Å². The van der Waals surface area contributed by atoms with E-state index in [4.69, 9.17) is 0 Å². The van der Waals surface area contributed by atoms with Crippen molar-refractivity contribution < 1.29 is 13.6 Å². The van der Waals surface area contributed by atoms with Gasteiger partial charge in [-0.15, -0.1) is 16.8 Å². The number of halogens is 2. The molecular formula is C13H12F2N4OS2.